The molecule has 0 aliphatic carbocycles. The Morgan fingerprint density at radius 2 is 1.94 bits per heavy atom. The molecule has 1 amide bonds. The standard InChI is InChI=1S/C12H24N2O3/c1-5-7-12(4,11(16)17)13-8-10(15)14-9(3)6-2/h9,13H,5-8H2,1-4H3,(H,14,15)(H,16,17). The molecule has 2 unspecified atom stereocenters. The molecule has 5 nitrogen and oxygen atoms in total. The van der Waals surface area contributed by atoms with Gasteiger partial charge < -0.3 is 10.4 Å². The number of aliphatic carboxylic acids is 1. The van der Waals surface area contributed by atoms with Crippen molar-refractivity contribution in [2.45, 2.75) is 58.5 Å². The zero-order chi connectivity index (χ0) is 13.5. The molecule has 0 bridgehead atoms. The van der Waals surface area contributed by atoms with Gasteiger partial charge in [0.05, 0.1) is 6.54 Å². The second-order valence-electron chi connectivity index (χ2n) is 4.62. The van der Waals surface area contributed by atoms with Gasteiger partial charge in [-0.1, -0.05) is 20.3 Å². The van der Waals surface area contributed by atoms with Gasteiger partial charge >= 0.3 is 5.97 Å². The molecule has 100 valence electrons. The van der Waals surface area contributed by atoms with Crippen LogP contribution in [-0.4, -0.2) is 35.1 Å². The summed E-state index contributed by atoms with van der Waals surface area (Å²) in [6, 6.07) is 0.117. The summed E-state index contributed by atoms with van der Waals surface area (Å²) < 4.78 is 0. The number of carboxylic acid groups (broad SMARTS) is 1. The van der Waals surface area contributed by atoms with Crippen LogP contribution in [-0.2, 0) is 9.59 Å². The maximum Gasteiger partial charge on any atom is 0.323 e. The largest absolute Gasteiger partial charge is 0.480 e. The number of carbonyl (C=O) groups excluding carboxylic acids is 1. The number of carbonyl (C=O) groups is 2. The minimum atomic E-state index is -1.03. The van der Waals surface area contributed by atoms with Crippen molar-refractivity contribution in [1.29, 1.82) is 0 Å². The molecule has 0 radical (unpaired) electrons. The summed E-state index contributed by atoms with van der Waals surface area (Å²) in [5.41, 5.74) is -1.03. The molecule has 0 heterocycles. The summed E-state index contributed by atoms with van der Waals surface area (Å²) in [6.07, 6.45) is 2.11. The Hall–Kier alpha value is -1.10. The van der Waals surface area contributed by atoms with E-state index in [2.05, 4.69) is 10.6 Å². The molecule has 0 aliphatic heterocycles. The molecule has 5 heteroatoms. The van der Waals surface area contributed by atoms with E-state index >= 15 is 0 Å². The first-order chi connectivity index (χ1) is 7.85. The van der Waals surface area contributed by atoms with Crippen molar-refractivity contribution in [2.24, 2.45) is 0 Å². The maximum atomic E-state index is 11.5. The average molecular weight is 244 g/mol. The molecular weight excluding hydrogens is 220 g/mol. The number of amides is 1. The highest BCUT2D eigenvalue weighted by Crippen LogP contribution is 2.11. The van der Waals surface area contributed by atoms with Gasteiger partial charge in [-0.3, -0.25) is 14.9 Å². The van der Waals surface area contributed by atoms with Crippen molar-refractivity contribution in [3.05, 3.63) is 0 Å². The molecule has 2 atom stereocenters. The van der Waals surface area contributed by atoms with E-state index in [1.54, 1.807) is 6.92 Å². The summed E-state index contributed by atoms with van der Waals surface area (Å²) in [5, 5.41) is 14.7. The molecule has 0 aromatic carbocycles. The van der Waals surface area contributed by atoms with Gasteiger partial charge in [0.15, 0.2) is 0 Å². The Morgan fingerprint density at radius 1 is 1.35 bits per heavy atom. The number of hydrogen-bond donors (Lipinski definition) is 3. The summed E-state index contributed by atoms with van der Waals surface area (Å²) in [6.45, 7) is 7.46. The lowest BCUT2D eigenvalue weighted by Gasteiger charge is -2.25. The van der Waals surface area contributed by atoms with E-state index in [1.807, 2.05) is 20.8 Å². The Bertz CT molecular complexity index is 268. The Morgan fingerprint density at radius 3 is 2.35 bits per heavy atom. The number of rotatable bonds is 8. The van der Waals surface area contributed by atoms with Crippen LogP contribution in [0, 0.1) is 0 Å². The van der Waals surface area contributed by atoms with Crippen molar-refractivity contribution in [3.63, 3.8) is 0 Å². The highest BCUT2D eigenvalue weighted by molar-refractivity contribution is 5.82. The van der Waals surface area contributed by atoms with Gasteiger partial charge in [-0.15, -0.1) is 0 Å². The van der Waals surface area contributed by atoms with E-state index in [-0.39, 0.29) is 18.5 Å². The SMILES string of the molecule is CCCC(C)(NCC(=O)NC(C)CC)C(=O)O. The summed E-state index contributed by atoms with van der Waals surface area (Å²) in [5.74, 6) is -1.08. The first kappa shape index (κ1) is 15.9. The van der Waals surface area contributed by atoms with Gasteiger partial charge in [0, 0.05) is 6.04 Å². The fraction of sp³-hybridized carbons (Fsp3) is 0.833. The van der Waals surface area contributed by atoms with Gasteiger partial charge in [-0.25, -0.2) is 0 Å². The van der Waals surface area contributed by atoms with Crippen LogP contribution in [0.15, 0.2) is 0 Å². The Kier molecular flexibility index (Phi) is 6.80. The summed E-state index contributed by atoms with van der Waals surface area (Å²) in [7, 11) is 0. The van der Waals surface area contributed by atoms with Crippen molar-refractivity contribution in [3.8, 4) is 0 Å². The maximum absolute atomic E-state index is 11.5. The number of nitrogens with one attached hydrogen (secondary N) is 2. The molecular formula is C12H24N2O3. The number of hydrogen-bond acceptors (Lipinski definition) is 3. The molecule has 0 aliphatic rings. The zero-order valence-corrected chi connectivity index (χ0v) is 11.2. The van der Waals surface area contributed by atoms with E-state index in [9.17, 15) is 9.59 Å². The second kappa shape index (κ2) is 7.27. The topological polar surface area (TPSA) is 78.4 Å². The van der Waals surface area contributed by atoms with Crippen LogP contribution >= 0.6 is 0 Å². The van der Waals surface area contributed by atoms with E-state index < -0.39 is 11.5 Å². The van der Waals surface area contributed by atoms with Gasteiger partial charge in [0.2, 0.25) is 5.91 Å². The van der Waals surface area contributed by atoms with Gasteiger partial charge in [-0.05, 0) is 26.7 Å². The molecule has 0 saturated heterocycles. The van der Waals surface area contributed by atoms with Crippen molar-refractivity contribution in [2.75, 3.05) is 6.54 Å². The first-order valence-electron chi connectivity index (χ1n) is 6.13. The van der Waals surface area contributed by atoms with Crippen LogP contribution in [0.1, 0.15) is 47.0 Å². The smallest absolute Gasteiger partial charge is 0.323 e. The van der Waals surface area contributed by atoms with Crippen LogP contribution in [0.25, 0.3) is 0 Å². The normalized spacial score (nSPS) is 16.0. The quantitative estimate of drug-likeness (QED) is 0.598. The molecule has 0 saturated carbocycles. The third-order valence-electron chi connectivity index (χ3n) is 2.88. The highest BCUT2D eigenvalue weighted by atomic mass is 16.4. The zero-order valence-electron chi connectivity index (χ0n) is 11.2. The van der Waals surface area contributed by atoms with Gasteiger partial charge in [0.1, 0.15) is 5.54 Å². The summed E-state index contributed by atoms with van der Waals surface area (Å²) in [4.78, 5) is 22.6. The predicted molar refractivity (Wildman–Crippen MR) is 66.8 cm³/mol. The van der Waals surface area contributed by atoms with Crippen LogP contribution < -0.4 is 10.6 Å². The van der Waals surface area contributed by atoms with E-state index in [0.29, 0.717) is 6.42 Å². The lowest BCUT2D eigenvalue weighted by atomic mass is 9.96. The molecule has 0 fully saturated rings. The monoisotopic (exact) mass is 244 g/mol. The molecule has 0 aromatic heterocycles. The highest BCUT2D eigenvalue weighted by Gasteiger charge is 2.31. The molecule has 0 aromatic rings. The minimum Gasteiger partial charge on any atom is -0.480 e. The lowest BCUT2D eigenvalue weighted by molar-refractivity contribution is -0.144. The fourth-order valence-electron chi connectivity index (χ4n) is 1.47. The minimum absolute atomic E-state index is 0.0349. The Labute approximate surface area is 103 Å². The van der Waals surface area contributed by atoms with Crippen LogP contribution in [0.4, 0.5) is 0 Å². The van der Waals surface area contributed by atoms with Gasteiger partial charge in [0.25, 0.3) is 0 Å². The van der Waals surface area contributed by atoms with Crippen LogP contribution in [0.3, 0.4) is 0 Å². The predicted octanol–water partition coefficient (Wildman–Crippen LogP) is 1.13. The van der Waals surface area contributed by atoms with Crippen molar-refractivity contribution < 1.29 is 14.7 Å². The lowest BCUT2D eigenvalue weighted by Crippen LogP contribution is -2.53. The van der Waals surface area contributed by atoms with E-state index in [4.69, 9.17) is 5.11 Å². The van der Waals surface area contributed by atoms with E-state index in [0.717, 1.165) is 12.8 Å². The first-order valence-corrected chi connectivity index (χ1v) is 6.13. The third-order valence-corrected chi connectivity index (χ3v) is 2.88. The van der Waals surface area contributed by atoms with Gasteiger partial charge in [-0.2, -0.15) is 0 Å². The molecule has 0 rings (SSSR count). The number of carboxylic acids is 1. The molecule has 3 N–H and O–H groups in total. The van der Waals surface area contributed by atoms with Crippen molar-refractivity contribution in [1.82, 2.24) is 10.6 Å². The van der Waals surface area contributed by atoms with E-state index in [1.165, 1.54) is 0 Å². The molecule has 0 spiro atoms. The third kappa shape index (κ3) is 5.68. The fourth-order valence-corrected chi connectivity index (χ4v) is 1.47. The average Bonchev–Trinajstić information content (AvgIpc) is 2.26. The Balaban J connectivity index is 4.22. The van der Waals surface area contributed by atoms with Crippen LogP contribution in [0.5, 0.6) is 0 Å². The summed E-state index contributed by atoms with van der Waals surface area (Å²) >= 11 is 0. The second-order valence-corrected chi connectivity index (χ2v) is 4.62. The van der Waals surface area contributed by atoms with Crippen molar-refractivity contribution >= 4 is 11.9 Å². The molecule has 17 heavy (non-hydrogen) atoms. The van der Waals surface area contributed by atoms with Crippen LogP contribution in [0.2, 0.25) is 0 Å².